The summed E-state index contributed by atoms with van der Waals surface area (Å²) in [6.07, 6.45) is 8.68. The van der Waals surface area contributed by atoms with Crippen LogP contribution >= 0.6 is 0 Å². The Labute approximate surface area is 165 Å². The molecule has 0 aromatic heterocycles. The third-order valence-corrected chi connectivity index (χ3v) is 6.40. The van der Waals surface area contributed by atoms with E-state index in [0.29, 0.717) is 29.9 Å². The van der Waals surface area contributed by atoms with Crippen molar-refractivity contribution in [3.8, 4) is 23.8 Å². The molecule has 5 rings (SSSR count). The van der Waals surface area contributed by atoms with Crippen LogP contribution in [0.5, 0.6) is 11.5 Å². The highest BCUT2D eigenvalue weighted by Gasteiger charge is 2.57. The maximum atomic E-state index is 12.8. The van der Waals surface area contributed by atoms with Crippen LogP contribution < -0.4 is 20.1 Å². The molecule has 148 valence electrons. The molecule has 4 aliphatic rings. The number of methoxy groups -OCH3 is 1. The SMILES string of the molecule is C#CC(C)(C)NC(=O)C1CC2CCC1CC21NC(=O)c2ccc(OC)cc2O1. The molecule has 1 aromatic carbocycles. The van der Waals surface area contributed by atoms with E-state index < -0.39 is 11.3 Å². The maximum Gasteiger partial charge on any atom is 0.258 e. The summed E-state index contributed by atoms with van der Waals surface area (Å²) in [5.74, 6) is 3.79. The van der Waals surface area contributed by atoms with E-state index >= 15 is 0 Å². The van der Waals surface area contributed by atoms with Crippen LogP contribution in [-0.2, 0) is 4.79 Å². The molecule has 1 heterocycles. The first kappa shape index (κ1) is 18.7. The Morgan fingerprint density at radius 2 is 2.21 bits per heavy atom. The minimum atomic E-state index is -0.752. The van der Waals surface area contributed by atoms with Gasteiger partial charge in [0.1, 0.15) is 11.5 Å². The van der Waals surface area contributed by atoms with Crippen molar-refractivity contribution >= 4 is 11.8 Å². The van der Waals surface area contributed by atoms with Crippen molar-refractivity contribution in [1.29, 1.82) is 0 Å². The van der Waals surface area contributed by atoms with E-state index in [1.807, 2.05) is 13.8 Å². The van der Waals surface area contributed by atoms with Crippen LogP contribution in [0.4, 0.5) is 0 Å². The lowest BCUT2D eigenvalue weighted by atomic mass is 9.59. The van der Waals surface area contributed by atoms with Crippen LogP contribution in [0.3, 0.4) is 0 Å². The van der Waals surface area contributed by atoms with Gasteiger partial charge in [-0.25, -0.2) is 0 Å². The second-order valence-electron chi connectivity index (χ2n) is 8.65. The summed E-state index contributed by atoms with van der Waals surface area (Å²) >= 11 is 0. The molecule has 2 amide bonds. The lowest BCUT2D eigenvalue weighted by Crippen LogP contribution is -2.67. The minimum absolute atomic E-state index is 0.00305. The molecule has 2 bridgehead atoms. The van der Waals surface area contributed by atoms with E-state index in [-0.39, 0.29) is 29.6 Å². The third-order valence-electron chi connectivity index (χ3n) is 6.40. The predicted octanol–water partition coefficient (Wildman–Crippen LogP) is 2.48. The van der Waals surface area contributed by atoms with Gasteiger partial charge < -0.3 is 20.1 Å². The first-order valence-corrected chi connectivity index (χ1v) is 9.76. The molecule has 1 spiro atoms. The summed E-state index contributed by atoms with van der Waals surface area (Å²) in [4.78, 5) is 25.6. The summed E-state index contributed by atoms with van der Waals surface area (Å²) in [6.45, 7) is 3.64. The smallest absolute Gasteiger partial charge is 0.258 e. The topological polar surface area (TPSA) is 76.7 Å². The molecule has 4 unspecified atom stereocenters. The number of rotatable bonds is 3. The Hall–Kier alpha value is -2.68. The normalized spacial score (nSPS) is 30.6. The lowest BCUT2D eigenvalue weighted by molar-refractivity contribution is -0.147. The summed E-state index contributed by atoms with van der Waals surface area (Å²) in [5.41, 5.74) is -0.910. The number of benzene rings is 1. The fourth-order valence-electron chi connectivity index (χ4n) is 4.88. The van der Waals surface area contributed by atoms with Gasteiger partial charge >= 0.3 is 0 Å². The van der Waals surface area contributed by atoms with E-state index in [1.54, 1.807) is 25.3 Å². The molecule has 28 heavy (non-hydrogen) atoms. The maximum absolute atomic E-state index is 12.8. The predicted molar refractivity (Wildman–Crippen MR) is 104 cm³/mol. The largest absolute Gasteiger partial charge is 0.497 e. The number of terminal acetylenes is 1. The highest BCUT2D eigenvalue weighted by Crippen LogP contribution is 2.52. The number of ether oxygens (including phenoxy) is 2. The van der Waals surface area contributed by atoms with Gasteiger partial charge in [-0.3, -0.25) is 9.59 Å². The fraction of sp³-hybridized carbons (Fsp3) is 0.545. The molecule has 3 aliphatic carbocycles. The third kappa shape index (κ3) is 2.99. The van der Waals surface area contributed by atoms with Gasteiger partial charge in [0.05, 0.1) is 18.2 Å². The van der Waals surface area contributed by atoms with Crippen LogP contribution in [0.1, 0.15) is 49.9 Å². The van der Waals surface area contributed by atoms with Crippen molar-refractivity contribution in [2.24, 2.45) is 17.8 Å². The van der Waals surface area contributed by atoms with Gasteiger partial charge in [-0.2, -0.15) is 0 Å². The fourth-order valence-corrected chi connectivity index (χ4v) is 4.88. The van der Waals surface area contributed by atoms with Crippen LogP contribution in [-0.4, -0.2) is 30.2 Å². The van der Waals surface area contributed by atoms with Gasteiger partial charge in [0, 0.05) is 24.3 Å². The Morgan fingerprint density at radius 1 is 1.43 bits per heavy atom. The molecule has 6 heteroatoms. The Bertz CT molecular complexity index is 872. The van der Waals surface area contributed by atoms with Crippen molar-refractivity contribution in [2.45, 2.75) is 50.8 Å². The van der Waals surface area contributed by atoms with Crippen molar-refractivity contribution in [1.82, 2.24) is 10.6 Å². The van der Waals surface area contributed by atoms with Crippen LogP contribution in [0.25, 0.3) is 0 Å². The Morgan fingerprint density at radius 3 is 2.86 bits per heavy atom. The molecular formula is C22H26N2O4. The first-order chi connectivity index (χ1) is 13.3. The summed E-state index contributed by atoms with van der Waals surface area (Å²) < 4.78 is 11.7. The second kappa shape index (κ2) is 6.44. The Kier molecular flexibility index (Phi) is 4.29. The van der Waals surface area contributed by atoms with Gasteiger partial charge in [-0.1, -0.05) is 5.92 Å². The summed E-state index contributed by atoms with van der Waals surface area (Å²) in [6, 6.07) is 5.23. The zero-order chi connectivity index (χ0) is 20.1. The first-order valence-electron chi connectivity index (χ1n) is 9.76. The average molecular weight is 382 g/mol. The quantitative estimate of drug-likeness (QED) is 0.788. The molecule has 6 nitrogen and oxygen atoms in total. The van der Waals surface area contributed by atoms with Crippen molar-refractivity contribution in [3.05, 3.63) is 23.8 Å². The molecule has 1 aromatic rings. The zero-order valence-electron chi connectivity index (χ0n) is 16.5. The molecule has 1 aliphatic heterocycles. The van der Waals surface area contributed by atoms with Crippen molar-refractivity contribution in [3.63, 3.8) is 0 Å². The molecule has 0 radical (unpaired) electrons. The number of fused-ring (bicyclic) bond motifs is 3. The lowest BCUT2D eigenvalue weighted by Gasteiger charge is -2.55. The minimum Gasteiger partial charge on any atom is -0.497 e. The van der Waals surface area contributed by atoms with E-state index in [1.165, 1.54) is 0 Å². The van der Waals surface area contributed by atoms with Crippen LogP contribution in [0.15, 0.2) is 18.2 Å². The highest BCUT2D eigenvalue weighted by molar-refractivity contribution is 5.98. The molecular weight excluding hydrogens is 356 g/mol. The average Bonchev–Trinajstić information content (AvgIpc) is 2.67. The number of hydrogen-bond acceptors (Lipinski definition) is 4. The monoisotopic (exact) mass is 382 g/mol. The number of nitrogens with one attached hydrogen (secondary N) is 2. The second-order valence-corrected chi connectivity index (χ2v) is 8.65. The Balaban J connectivity index is 1.57. The van der Waals surface area contributed by atoms with Gasteiger partial charge in [0.25, 0.3) is 5.91 Å². The van der Waals surface area contributed by atoms with Gasteiger partial charge in [0.2, 0.25) is 5.91 Å². The summed E-state index contributed by atoms with van der Waals surface area (Å²) in [5, 5.41) is 6.08. The van der Waals surface area contributed by atoms with E-state index in [2.05, 4.69) is 16.6 Å². The van der Waals surface area contributed by atoms with E-state index in [4.69, 9.17) is 15.9 Å². The van der Waals surface area contributed by atoms with Crippen LogP contribution in [0.2, 0.25) is 0 Å². The summed E-state index contributed by atoms with van der Waals surface area (Å²) in [7, 11) is 1.59. The molecule has 3 saturated carbocycles. The van der Waals surface area contributed by atoms with E-state index in [0.717, 1.165) is 12.8 Å². The van der Waals surface area contributed by atoms with Crippen LogP contribution in [0, 0.1) is 30.1 Å². The number of hydrogen-bond donors (Lipinski definition) is 2. The standard InChI is InChI=1S/C22H26N2O4/c1-5-21(2,3)23-20(26)17-10-14-7-6-13(17)12-22(14)24-19(25)16-9-8-15(27-4)11-18(16)28-22/h1,8-9,11,13-14,17H,6-7,10,12H2,2-4H3,(H,23,26)(H,24,25). The molecule has 2 N–H and O–H groups in total. The highest BCUT2D eigenvalue weighted by atomic mass is 16.5. The molecule has 3 fully saturated rings. The van der Waals surface area contributed by atoms with Gasteiger partial charge in [-0.15, -0.1) is 6.42 Å². The van der Waals surface area contributed by atoms with Gasteiger partial charge in [0.15, 0.2) is 5.72 Å². The number of carbonyl (C=O) groups is 2. The van der Waals surface area contributed by atoms with Crippen molar-refractivity contribution < 1.29 is 19.1 Å². The molecule has 4 atom stereocenters. The van der Waals surface area contributed by atoms with E-state index in [9.17, 15) is 9.59 Å². The van der Waals surface area contributed by atoms with Crippen molar-refractivity contribution in [2.75, 3.05) is 7.11 Å². The van der Waals surface area contributed by atoms with Gasteiger partial charge in [-0.05, 0) is 51.2 Å². The molecule has 0 saturated heterocycles. The number of carbonyl (C=O) groups excluding carboxylic acids is 2. The number of amides is 2. The zero-order valence-corrected chi connectivity index (χ0v) is 16.5.